The molecule has 0 aliphatic carbocycles. The third-order valence-corrected chi connectivity index (χ3v) is 14.8. The lowest BCUT2D eigenvalue weighted by Gasteiger charge is -2.47. The Hall–Kier alpha value is -8.10. The van der Waals surface area contributed by atoms with Gasteiger partial charge in [-0.2, -0.15) is 0 Å². The number of hydrogen-bond acceptors (Lipinski definition) is 18. The normalized spacial score (nSPS) is 27.8. The summed E-state index contributed by atoms with van der Waals surface area (Å²) in [4.78, 5) is 83.3. The van der Waals surface area contributed by atoms with Crippen molar-refractivity contribution in [3.05, 3.63) is 215 Å². The Labute approximate surface area is 474 Å². The number of esters is 6. The van der Waals surface area contributed by atoms with Crippen LogP contribution in [0, 0.1) is 17.8 Å². The van der Waals surface area contributed by atoms with E-state index in [1.165, 1.54) is 12.1 Å². The zero-order valence-electron chi connectivity index (χ0n) is 45.5. The van der Waals surface area contributed by atoms with E-state index in [2.05, 4.69) is 0 Å². The van der Waals surface area contributed by atoms with Crippen molar-refractivity contribution in [2.75, 3.05) is 13.2 Å². The number of ether oxygens (including phenoxy) is 11. The predicted molar refractivity (Wildman–Crippen MR) is 292 cm³/mol. The van der Waals surface area contributed by atoms with Gasteiger partial charge in [0.25, 0.3) is 0 Å². The molecule has 3 heterocycles. The lowest BCUT2D eigenvalue weighted by molar-refractivity contribution is -0.326. The lowest BCUT2D eigenvalue weighted by atomic mass is 9.88. The standard InChI is InChI=1S/C64H64O18/c1-5-47-38(2)51(78-57(66)42-26-14-7-15-27-42)54(81-60(69)45-32-20-10-21-33-45)63(75-47)73-37-49-40(4)52(79-58(67)43-28-16-8-17-29-43)55(82-61(70)46-34-22-11-23-35-46)64(76-49)72-36-48-39(3)50(77-56(65)41-24-12-6-13-25-41)53(62(71)74-48)80-59(68)44-30-18-9-19-31-44/h6-35,38-40,47-55,62-64,71H,5,36-37H2,1-4H3/t38-,39-,40-,47-,48-,49-,50+,51+,52+,53-,54-,55-,62?,63-,64-/m1/s1. The van der Waals surface area contributed by atoms with Gasteiger partial charge in [-0.15, -0.1) is 0 Å². The monoisotopic (exact) mass is 1120 g/mol. The maximum absolute atomic E-state index is 14.2. The van der Waals surface area contributed by atoms with Gasteiger partial charge >= 0.3 is 35.8 Å². The minimum Gasteiger partial charge on any atom is -0.454 e. The SMILES string of the molecule is CC[C@H]1O[C@@H](OC[C@H]2O[C@@H](OC[C@H]3OC(O)[C@H](OC(=O)c4ccccc4)[C@@H](OC(=O)c4ccccc4)[C@@H]3C)[C@H](OC(=O)c3ccccc3)[C@@H](OC(=O)c3ccccc3)[C@@H]2C)[C@H](OC(=O)c2ccccc2)[C@@H](OC(=O)c2ccccc2)[C@@H]1C. The number of carbonyl (C=O) groups is 6. The van der Waals surface area contributed by atoms with Gasteiger partial charge in [-0.1, -0.05) is 137 Å². The van der Waals surface area contributed by atoms with E-state index >= 15 is 0 Å². The van der Waals surface area contributed by atoms with Crippen molar-refractivity contribution < 1.29 is 86.0 Å². The summed E-state index contributed by atoms with van der Waals surface area (Å²) in [6.45, 7) is 6.27. The Morgan fingerprint density at radius 2 is 0.573 bits per heavy atom. The van der Waals surface area contributed by atoms with Crippen LogP contribution in [0.1, 0.15) is 96.3 Å². The van der Waals surface area contributed by atoms with Crippen LogP contribution in [0.15, 0.2) is 182 Å². The van der Waals surface area contributed by atoms with Crippen molar-refractivity contribution >= 4 is 35.8 Å². The summed E-state index contributed by atoms with van der Waals surface area (Å²) in [6.07, 6.45) is -15.3. The van der Waals surface area contributed by atoms with Crippen LogP contribution in [-0.2, 0) is 52.1 Å². The topological polar surface area (TPSA) is 224 Å². The highest BCUT2D eigenvalue weighted by atomic mass is 16.8. The van der Waals surface area contributed by atoms with Crippen molar-refractivity contribution in [3.8, 4) is 0 Å². The molecule has 0 bridgehead atoms. The molecule has 0 saturated carbocycles. The van der Waals surface area contributed by atoms with Crippen molar-refractivity contribution in [2.45, 2.75) is 108 Å². The summed E-state index contributed by atoms with van der Waals surface area (Å²) >= 11 is 0. The Morgan fingerprint density at radius 3 is 0.866 bits per heavy atom. The fourth-order valence-corrected chi connectivity index (χ4v) is 10.1. The van der Waals surface area contributed by atoms with Crippen molar-refractivity contribution in [1.82, 2.24) is 0 Å². The molecular weight excluding hydrogens is 1060 g/mol. The number of aliphatic hydroxyl groups excluding tert-OH is 1. The number of carbonyl (C=O) groups excluding carboxylic acids is 6. The van der Waals surface area contributed by atoms with E-state index in [9.17, 15) is 33.9 Å². The maximum atomic E-state index is 14.2. The molecule has 18 nitrogen and oxygen atoms in total. The van der Waals surface area contributed by atoms with Gasteiger partial charge in [0.2, 0.25) is 0 Å². The van der Waals surface area contributed by atoms with Crippen LogP contribution in [-0.4, -0.2) is 128 Å². The molecule has 0 spiro atoms. The molecule has 3 aliphatic rings. The smallest absolute Gasteiger partial charge is 0.338 e. The fraction of sp³-hybridized carbons (Fsp3) is 0.344. The molecule has 1 unspecified atom stereocenters. The minimum atomic E-state index is -1.87. The van der Waals surface area contributed by atoms with Gasteiger partial charge in [-0.3, -0.25) is 0 Å². The molecule has 82 heavy (non-hydrogen) atoms. The molecule has 3 fully saturated rings. The van der Waals surface area contributed by atoms with Crippen LogP contribution in [0.25, 0.3) is 0 Å². The second-order valence-corrected chi connectivity index (χ2v) is 20.2. The summed E-state index contributed by atoms with van der Waals surface area (Å²) in [5, 5.41) is 11.7. The summed E-state index contributed by atoms with van der Waals surface area (Å²) < 4.78 is 69.5. The molecule has 428 valence electrons. The van der Waals surface area contributed by atoms with Crippen LogP contribution in [0.4, 0.5) is 0 Å². The Kier molecular flexibility index (Phi) is 19.7. The van der Waals surface area contributed by atoms with Gasteiger partial charge in [0, 0.05) is 17.8 Å². The van der Waals surface area contributed by atoms with Gasteiger partial charge < -0.3 is 57.2 Å². The van der Waals surface area contributed by atoms with Crippen molar-refractivity contribution in [3.63, 3.8) is 0 Å². The Balaban J connectivity index is 1.03. The molecule has 3 aliphatic heterocycles. The van der Waals surface area contributed by atoms with E-state index in [4.69, 9.17) is 52.1 Å². The molecule has 3 saturated heterocycles. The first kappa shape index (κ1) is 58.6. The van der Waals surface area contributed by atoms with E-state index in [0.717, 1.165) is 0 Å². The highest BCUT2D eigenvalue weighted by Crippen LogP contribution is 2.38. The van der Waals surface area contributed by atoms with Crippen LogP contribution in [0.5, 0.6) is 0 Å². The predicted octanol–water partition coefficient (Wildman–Crippen LogP) is 8.86. The maximum Gasteiger partial charge on any atom is 0.338 e. The van der Waals surface area contributed by atoms with E-state index < -0.39 is 134 Å². The average Bonchev–Trinajstić information content (AvgIpc) is 3.63. The first-order valence-corrected chi connectivity index (χ1v) is 27.2. The van der Waals surface area contributed by atoms with Gasteiger partial charge in [-0.25, -0.2) is 28.8 Å². The van der Waals surface area contributed by atoms with E-state index in [1.807, 2.05) is 13.8 Å². The molecule has 6 aromatic carbocycles. The summed E-state index contributed by atoms with van der Waals surface area (Å²) in [7, 11) is 0. The van der Waals surface area contributed by atoms with Crippen LogP contribution < -0.4 is 0 Å². The second kappa shape index (κ2) is 27.6. The Morgan fingerprint density at radius 1 is 0.341 bits per heavy atom. The first-order valence-electron chi connectivity index (χ1n) is 27.2. The average molecular weight is 1120 g/mol. The Bertz CT molecular complexity index is 3060. The van der Waals surface area contributed by atoms with Gasteiger partial charge in [-0.05, 0) is 79.2 Å². The zero-order chi connectivity index (χ0) is 57.7. The number of benzene rings is 6. The summed E-state index contributed by atoms with van der Waals surface area (Å²) in [5.41, 5.74) is 1.20. The van der Waals surface area contributed by atoms with E-state index in [1.54, 1.807) is 184 Å². The molecule has 18 heteroatoms. The summed E-state index contributed by atoms with van der Waals surface area (Å²) in [6, 6.07) is 49.2. The van der Waals surface area contributed by atoms with Crippen LogP contribution >= 0.6 is 0 Å². The number of hydrogen-bond donors (Lipinski definition) is 1. The molecule has 6 aromatic rings. The molecule has 0 radical (unpaired) electrons. The van der Waals surface area contributed by atoms with Crippen LogP contribution in [0.3, 0.4) is 0 Å². The van der Waals surface area contributed by atoms with E-state index in [0.29, 0.717) is 6.42 Å². The van der Waals surface area contributed by atoms with Gasteiger partial charge in [0.05, 0.1) is 64.9 Å². The summed E-state index contributed by atoms with van der Waals surface area (Å²) in [5.74, 6) is -6.80. The fourth-order valence-electron chi connectivity index (χ4n) is 10.1. The van der Waals surface area contributed by atoms with Gasteiger partial charge in [0.15, 0.2) is 37.2 Å². The van der Waals surface area contributed by atoms with Gasteiger partial charge in [0.1, 0.15) is 18.3 Å². The van der Waals surface area contributed by atoms with Crippen LogP contribution in [0.2, 0.25) is 0 Å². The highest BCUT2D eigenvalue weighted by molar-refractivity contribution is 5.92. The third-order valence-electron chi connectivity index (χ3n) is 14.8. The molecular formula is C64H64O18. The quantitative estimate of drug-likeness (QED) is 0.0590. The number of rotatable bonds is 19. The first-order chi connectivity index (χ1) is 39.8. The van der Waals surface area contributed by atoms with E-state index in [-0.39, 0.29) is 40.0 Å². The second-order valence-electron chi connectivity index (χ2n) is 20.2. The molecule has 1 N–H and O–H groups in total. The molecule has 9 rings (SSSR count). The highest BCUT2D eigenvalue weighted by Gasteiger charge is 2.54. The largest absolute Gasteiger partial charge is 0.454 e. The lowest BCUT2D eigenvalue weighted by Crippen LogP contribution is -2.61. The van der Waals surface area contributed by atoms with Crippen molar-refractivity contribution in [2.24, 2.45) is 17.8 Å². The molecule has 0 aromatic heterocycles. The number of aliphatic hydroxyl groups is 1. The minimum absolute atomic E-state index is 0.159. The molecule has 0 amide bonds. The third kappa shape index (κ3) is 14.1. The zero-order valence-corrected chi connectivity index (χ0v) is 45.5. The van der Waals surface area contributed by atoms with Crippen molar-refractivity contribution in [1.29, 1.82) is 0 Å². The molecule has 15 atom stereocenters.